The number of ether oxygens (including phenoxy) is 1. The predicted molar refractivity (Wildman–Crippen MR) is 154 cm³/mol. The molecule has 0 saturated carbocycles. The Balaban J connectivity index is 1.19. The number of carbonyl (C=O) groups excluding carboxylic acids is 3. The number of amides is 2. The molecule has 1 fully saturated rings. The third-order valence-electron chi connectivity index (χ3n) is 7.07. The number of piperazine rings is 1. The van der Waals surface area contributed by atoms with Crippen LogP contribution in [0, 0.1) is 6.92 Å². The Morgan fingerprint density at radius 2 is 1.71 bits per heavy atom. The van der Waals surface area contributed by atoms with Crippen molar-refractivity contribution < 1.29 is 19.1 Å². The molecule has 0 bridgehead atoms. The third kappa shape index (κ3) is 4.91. The fraction of sp³-hybridized carbons (Fsp3) is 0.207. The normalized spacial score (nSPS) is 13.3. The summed E-state index contributed by atoms with van der Waals surface area (Å²) in [5.74, 6) is 0.289. The second-order valence-electron chi connectivity index (χ2n) is 9.64. The molecule has 5 heterocycles. The Kier molecular flexibility index (Phi) is 7.05. The van der Waals surface area contributed by atoms with Crippen LogP contribution in [0.1, 0.15) is 26.5 Å². The van der Waals surface area contributed by atoms with E-state index < -0.39 is 11.7 Å². The van der Waals surface area contributed by atoms with Crippen molar-refractivity contribution in [3.05, 3.63) is 84.3 Å². The number of aromatic amines is 1. The molecular formula is C29H27N9O4. The molecule has 0 radical (unpaired) electrons. The number of ketones is 1. The smallest absolute Gasteiger partial charge is 0.295 e. The van der Waals surface area contributed by atoms with Gasteiger partial charge in [-0.3, -0.25) is 14.4 Å². The third-order valence-corrected chi connectivity index (χ3v) is 7.07. The molecule has 42 heavy (non-hydrogen) atoms. The molecular weight excluding hydrogens is 538 g/mol. The first-order valence-corrected chi connectivity index (χ1v) is 13.3. The van der Waals surface area contributed by atoms with Gasteiger partial charge in [-0.2, -0.15) is 5.10 Å². The van der Waals surface area contributed by atoms with Crippen molar-refractivity contribution in [2.75, 3.05) is 43.5 Å². The highest BCUT2D eigenvalue weighted by molar-refractivity contribution is 6.45. The van der Waals surface area contributed by atoms with Crippen LogP contribution in [-0.2, 0) is 4.79 Å². The summed E-state index contributed by atoms with van der Waals surface area (Å²) < 4.78 is 6.97. The van der Waals surface area contributed by atoms with Crippen LogP contribution < -0.4 is 15.0 Å². The van der Waals surface area contributed by atoms with Gasteiger partial charge in [-0.1, -0.05) is 18.2 Å². The van der Waals surface area contributed by atoms with Gasteiger partial charge in [-0.25, -0.2) is 19.6 Å². The van der Waals surface area contributed by atoms with Gasteiger partial charge < -0.3 is 24.8 Å². The van der Waals surface area contributed by atoms with E-state index in [1.165, 1.54) is 35.4 Å². The van der Waals surface area contributed by atoms with Gasteiger partial charge in [0.05, 0.1) is 35.3 Å². The average Bonchev–Trinajstić information content (AvgIpc) is 3.67. The van der Waals surface area contributed by atoms with E-state index in [9.17, 15) is 14.4 Å². The van der Waals surface area contributed by atoms with E-state index in [2.05, 4.69) is 30.4 Å². The number of para-hydroxylation sites is 1. The zero-order chi connectivity index (χ0) is 29.2. The molecule has 212 valence electrons. The second kappa shape index (κ2) is 11.1. The topological polar surface area (TPSA) is 151 Å². The minimum Gasteiger partial charge on any atom is -0.494 e. The minimum absolute atomic E-state index is 0.180. The van der Waals surface area contributed by atoms with E-state index in [-0.39, 0.29) is 24.6 Å². The van der Waals surface area contributed by atoms with Crippen LogP contribution in [-0.4, -0.2) is 85.5 Å². The number of anilines is 2. The number of benzene rings is 1. The molecule has 1 saturated heterocycles. The Labute approximate surface area is 240 Å². The fourth-order valence-corrected chi connectivity index (χ4v) is 4.99. The first-order chi connectivity index (χ1) is 20.4. The molecule has 0 unspecified atom stereocenters. The lowest BCUT2D eigenvalue weighted by molar-refractivity contribution is -0.126. The number of nitrogens with one attached hydrogen (secondary N) is 2. The maximum atomic E-state index is 13.5. The van der Waals surface area contributed by atoms with Crippen LogP contribution in [0.3, 0.4) is 0 Å². The Bertz CT molecular complexity index is 1790. The molecule has 13 heteroatoms. The van der Waals surface area contributed by atoms with Crippen LogP contribution in [0.4, 0.5) is 11.5 Å². The van der Waals surface area contributed by atoms with Crippen molar-refractivity contribution in [3.63, 3.8) is 0 Å². The van der Waals surface area contributed by atoms with E-state index in [1.54, 1.807) is 25.3 Å². The van der Waals surface area contributed by atoms with E-state index in [1.807, 2.05) is 35.2 Å². The van der Waals surface area contributed by atoms with Crippen LogP contribution in [0.15, 0.2) is 67.4 Å². The lowest BCUT2D eigenvalue weighted by Gasteiger charge is -2.35. The van der Waals surface area contributed by atoms with Crippen molar-refractivity contribution in [1.29, 1.82) is 0 Å². The van der Waals surface area contributed by atoms with Gasteiger partial charge in [0.1, 0.15) is 23.7 Å². The number of pyridine rings is 2. The molecule has 1 aliphatic rings. The van der Waals surface area contributed by atoms with Crippen molar-refractivity contribution in [2.45, 2.75) is 6.92 Å². The molecule has 2 N–H and O–H groups in total. The van der Waals surface area contributed by atoms with E-state index in [0.29, 0.717) is 58.5 Å². The number of H-pyrrole nitrogens is 1. The highest BCUT2D eigenvalue weighted by Gasteiger charge is 2.31. The van der Waals surface area contributed by atoms with Gasteiger partial charge >= 0.3 is 0 Å². The number of methoxy groups -OCH3 is 1. The van der Waals surface area contributed by atoms with Crippen molar-refractivity contribution >= 4 is 40.0 Å². The molecule has 0 aliphatic carbocycles. The molecule has 0 atom stereocenters. The lowest BCUT2D eigenvalue weighted by Crippen LogP contribution is -2.51. The van der Waals surface area contributed by atoms with Gasteiger partial charge in [-0.15, -0.1) is 0 Å². The summed E-state index contributed by atoms with van der Waals surface area (Å²) in [5.41, 5.74) is 1.78. The van der Waals surface area contributed by atoms with Crippen molar-refractivity contribution in [3.8, 4) is 11.6 Å². The molecule has 13 nitrogen and oxygen atoms in total. The summed E-state index contributed by atoms with van der Waals surface area (Å²) in [6.45, 7) is 3.13. The van der Waals surface area contributed by atoms with E-state index >= 15 is 0 Å². The zero-order valence-corrected chi connectivity index (χ0v) is 22.9. The SMILES string of the molecule is COc1cnc(-n2cnc(C)n2)c2[nH]cc(C(=O)C(=O)N3CCN(c4ncccc4C(=O)Nc4ccccc4)CC3)c12. The number of Topliss-reactive ketones (excluding diaryl/α,β-unsaturated/α-hetero) is 1. The predicted octanol–water partition coefficient (Wildman–Crippen LogP) is 2.64. The van der Waals surface area contributed by atoms with Crippen molar-refractivity contribution in [2.24, 2.45) is 0 Å². The van der Waals surface area contributed by atoms with Gasteiger partial charge in [0.2, 0.25) is 0 Å². The molecule has 5 aromatic rings. The molecule has 0 spiro atoms. The van der Waals surface area contributed by atoms with Crippen LogP contribution in [0.5, 0.6) is 5.75 Å². The van der Waals surface area contributed by atoms with Crippen LogP contribution in [0.2, 0.25) is 0 Å². The molecule has 2 amide bonds. The number of rotatable bonds is 7. The summed E-state index contributed by atoms with van der Waals surface area (Å²) >= 11 is 0. The monoisotopic (exact) mass is 565 g/mol. The first-order valence-electron chi connectivity index (χ1n) is 13.3. The standard InChI is InChI=1S/C29H27N9O4/c1-18-33-17-38(35-18)27-24-23(22(42-2)16-32-27)21(15-31-24)25(39)29(41)37-13-11-36(12-14-37)26-20(9-6-10-30-26)28(40)34-19-7-4-3-5-8-19/h3-10,15-17,31H,11-14H2,1-2H3,(H,34,40). The highest BCUT2D eigenvalue weighted by atomic mass is 16.5. The maximum absolute atomic E-state index is 13.5. The first kappa shape index (κ1) is 26.6. The number of fused-ring (bicyclic) bond motifs is 1. The summed E-state index contributed by atoms with van der Waals surface area (Å²) in [6.07, 6.45) is 6.13. The summed E-state index contributed by atoms with van der Waals surface area (Å²) in [7, 11) is 1.48. The zero-order valence-electron chi connectivity index (χ0n) is 22.9. The molecule has 4 aromatic heterocycles. The molecule has 6 rings (SSSR count). The van der Waals surface area contributed by atoms with Crippen molar-refractivity contribution in [1.82, 2.24) is 34.6 Å². The number of hydrogen-bond acceptors (Lipinski definition) is 9. The van der Waals surface area contributed by atoms with E-state index in [0.717, 1.165) is 0 Å². The van der Waals surface area contributed by atoms with Gasteiger partial charge in [0, 0.05) is 44.3 Å². The second-order valence-corrected chi connectivity index (χ2v) is 9.64. The molecule has 1 aromatic carbocycles. The number of aromatic nitrogens is 6. The summed E-state index contributed by atoms with van der Waals surface area (Å²) in [4.78, 5) is 59.5. The Hall–Kier alpha value is -5.59. The van der Waals surface area contributed by atoms with Gasteiger partial charge in [-0.05, 0) is 31.2 Å². The Morgan fingerprint density at radius 1 is 0.929 bits per heavy atom. The largest absolute Gasteiger partial charge is 0.494 e. The highest BCUT2D eigenvalue weighted by Crippen LogP contribution is 2.32. The minimum atomic E-state index is -0.666. The number of carbonyl (C=O) groups is 3. The van der Waals surface area contributed by atoms with Crippen LogP contribution in [0.25, 0.3) is 16.7 Å². The Morgan fingerprint density at radius 3 is 2.43 bits per heavy atom. The maximum Gasteiger partial charge on any atom is 0.295 e. The number of hydrogen-bond donors (Lipinski definition) is 2. The van der Waals surface area contributed by atoms with Gasteiger partial charge in [0.25, 0.3) is 17.6 Å². The average molecular weight is 566 g/mol. The fourth-order valence-electron chi connectivity index (χ4n) is 4.99. The number of aryl methyl sites for hydroxylation is 1. The van der Waals surface area contributed by atoms with Crippen LogP contribution >= 0.6 is 0 Å². The summed E-state index contributed by atoms with van der Waals surface area (Å²) in [6, 6.07) is 12.6. The molecule has 1 aliphatic heterocycles. The lowest BCUT2D eigenvalue weighted by atomic mass is 10.1. The van der Waals surface area contributed by atoms with E-state index in [4.69, 9.17) is 4.74 Å². The van der Waals surface area contributed by atoms with Gasteiger partial charge in [0.15, 0.2) is 5.82 Å². The summed E-state index contributed by atoms with van der Waals surface area (Å²) in [5, 5.41) is 7.64. The quantitative estimate of drug-likeness (QED) is 0.224. The number of nitrogens with zero attached hydrogens (tertiary/aromatic N) is 7.